The summed E-state index contributed by atoms with van der Waals surface area (Å²) >= 11 is 5.98. The van der Waals surface area contributed by atoms with Crippen LogP contribution in [0.25, 0.3) is 0 Å². The van der Waals surface area contributed by atoms with Crippen molar-refractivity contribution in [3.8, 4) is 5.88 Å². The Balaban J connectivity index is 2.24. The molecule has 0 saturated carbocycles. The van der Waals surface area contributed by atoms with E-state index in [0.29, 0.717) is 17.0 Å². The quantitative estimate of drug-likeness (QED) is 0.899. The summed E-state index contributed by atoms with van der Waals surface area (Å²) in [5.41, 5.74) is 0.874. The third-order valence-electron chi connectivity index (χ3n) is 3.10. The molecule has 0 atom stereocenters. The van der Waals surface area contributed by atoms with Crippen molar-refractivity contribution in [1.82, 2.24) is 14.8 Å². The summed E-state index contributed by atoms with van der Waals surface area (Å²) in [6.07, 6.45) is 1.30. The van der Waals surface area contributed by atoms with Gasteiger partial charge in [0, 0.05) is 6.20 Å². The molecule has 2 rings (SSSR count). The maximum atomic E-state index is 12.8. The normalized spacial score (nSPS) is 10.9. The Bertz CT molecular complexity index is 734. The van der Waals surface area contributed by atoms with Gasteiger partial charge in [-0.15, -0.1) is 0 Å². The SMILES string of the molecule is CCOc1ncc(C(=O)Nc2c(C)nn(C(F)F)c2C)cc1Cl. The summed E-state index contributed by atoms with van der Waals surface area (Å²) in [6, 6.07) is 1.40. The van der Waals surface area contributed by atoms with Crippen molar-refractivity contribution < 1.29 is 18.3 Å². The molecule has 2 aromatic rings. The van der Waals surface area contributed by atoms with Crippen LogP contribution in [0.5, 0.6) is 5.88 Å². The van der Waals surface area contributed by atoms with Gasteiger partial charge in [-0.3, -0.25) is 4.79 Å². The molecule has 23 heavy (non-hydrogen) atoms. The molecule has 0 spiro atoms. The molecule has 2 heterocycles. The van der Waals surface area contributed by atoms with Gasteiger partial charge in [0.1, 0.15) is 5.02 Å². The largest absolute Gasteiger partial charge is 0.477 e. The lowest BCUT2D eigenvalue weighted by Gasteiger charge is -2.08. The summed E-state index contributed by atoms with van der Waals surface area (Å²) < 4.78 is 31.3. The molecule has 9 heteroatoms. The van der Waals surface area contributed by atoms with Gasteiger partial charge in [-0.25, -0.2) is 9.67 Å². The summed E-state index contributed by atoms with van der Waals surface area (Å²) in [7, 11) is 0. The second kappa shape index (κ2) is 6.91. The summed E-state index contributed by atoms with van der Waals surface area (Å²) in [4.78, 5) is 16.2. The summed E-state index contributed by atoms with van der Waals surface area (Å²) in [6.45, 7) is 2.38. The average Bonchev–Trinajstić information content (AvgIpc) is 2.77. The van der Waals surface area contributed by atoms with Crippen molar-refractivity contribution in [2.75, 3.05) is 11.9 Å². The third-order valence-corrected chi connectivity index (χ3v) is 3.37. The monoisotopic (exact) mass is 344 g/mol. The molecule has 0 unspecified atom stereocenters. The number of aryl methyl sites for hydroxylation is 1. The lowest BCUT2D eigenvalue weighted by molar-refractivity contribution is 0.0541. The van der Waals surface area contributed by atoms with E-state index in [0.717, 1.165) is 0 Å². The van der Waals surface area contributed by atoms with Gasteiger partial charge in [-0.05, 0) is 26.8 Å². The number of amides is 1. The number of ether oxygens (including phenoxy) is 1. The van der Waals surface area contributed by atoms with Crippen molar-refractivity contribution in [1.29, 1.82) is 0 Å². The van der Waals surface area contributed by atoms with Crippen molar-refractivity contribution in [2.24, 2.45) is 0 Å². The highest BCUT2D eigenvalue weighted by molar-refractivity contribution is 6.32. The number of nitrogens with one attached hydrogen (secondary N) is 1. The zero-order valence-corrected chi connectivity index (χ0v) is 13.5. The average molecular weight is 345 g/mol. The first-order chi connectivity index (χ1) is 10.8. The van der Waals surface area contributed by atoms with Gasteiger partial charge < -0.3 is 10.1 Å². The van der Waals surface area contributed by atoms with Crippen LogP contribution in [0.1, 0.15) is 35.2 Å². The molecule has 1 N–H and O–H groups in total. The molecule has 0 bridgehead atoms. The molecule has 124 valence electrons. The van der Waals surface area contributed by atoms with Gasteiger partial charge in [-0.1, -0.05) is 11.6 Å². The topological polar surface area (TPSA) is 69.0 Å². The number of pyridine rings is 1. The fourth-order valence-corrected chi connectivity index (χ4v) is 2.23. The second-order valence-corrected chi connectivity index (χ2v) is 5.07. The standard InChI is InChI=1S/C14H15ClF2N4O2/c1-4-23-13-10(15)5-9(6-18-13)12(22)19-11-7(2)20-21(8(11)3)14(16)17/h5-6,14H,4H2,1-3H3,(H,19,22). The van der Waals surface area contributed by atoms with Crippen LogP contribution in [-0.2, 0) is 0 Å². The van der Waals surface area contributed by atoms with Crippen molar-refractivity contribution in [3.05, 3.63) is 34.2 Å². The molecule has 0 saturated heterocycles. The lowest BCUT2D eigenvalue weighted by atomic mass is 10.2. The molecule has 1 amide bonds. The fraction of sp³-hybridized carbons (Fsp3) is 0.357. The third kappa shape index (κ3) is 3.58. The molecule has 6 nitrogen and oxygen atoms in total. The van der Waals surface area contributed by atoms with Crippen LogP contribution in [0.4, 0.5) is 14.5 Å². The maximum absolute atomic E-state index is 12.8. The molecule has 2 aromatic heterocycles. The van der Waals surface area contributed by atoms with E-state index in [1.807, 2.05) is 0 Å². The number of anilines is 1. The zero-order chi connectivity index (χ0) is 17.1. The second-order valence-electron chi connectivity index (χ2n) is 4.67. The number of aromatic nitrogens is 3. The van der Waals surface area contributed by atoms with Crippen LogP contribution < -0.4 is 10.1 Å². The molecule has 0 radical (unpaired) electrons. The number of hydrogen-bond donors (Lipinski definition) is 1. The van der Waals surface area contributed by atoms with Gasteiger partial charge in [-0.2, -0.15) is 13.9 Å². The minimum Gasteiger partial charge on any atom is -0.477 e. The number of carbonyl (C=O) groups excluding carboxylic acids is 1. The predicted octanol–water partition coefficient (Wildman–Crippen LogP) is 3.59. The van der Waals surface area contributed by atoms with E-state index < -0.39 is 12.5 Å². The number of halogens is 3. The fourth-order valence-electron chi connectivity index (χ4n) is 2.01. The van der Waals surface area contributed by atoms with E-state index in [1.54, 1.807) is 6.92 Å². The number of nitrogens with zero attached hydrogens (tertiary/aromatic N) is 3. The molecule has 0 aliphatic heterocycles. The Morgan fingerprint density at radius 2 is 2.17 bits per heavy atom. The van der Waals surface area contributed by atoms with Crippen molar-refractivity contribution >= 4 is 23.2 Å². The Morgan fingerprint density at radius 1 is 1.48 bits per heavy atom. The smallest absolute Gasteiger partial charge is 0.333 e. The number of carbonyl (C=O) groups is 1. The minimum absolute atomic E-state index is 0.163. The van der Waals surface area contributed by atoms with E-state index in [9.17, 15) is 13.6 Å². The Hall–Kier alpha value is -2.22. The van der Waals surface area contributed by atoms with Crippen LogP contribution in [-0.4, -0.2) is 27.3 Å². The van der Waals surface area contributed by atoms with Crippen molar-refractivity contribution in [2.45, 2.75) is 27.3 Å². The highest BCUT2D eigenvalue weighted by Gasteiger charge is 2.20. The molecule has 0 aliphatic carbocycles. The molecular formula is C14H15ClF2N4O2. The first kappa shape index (κ1) is 17.1. The first-order valence-corrected chi connectivity index (χ1v) is 7.16. The van der Waals surface area contributed by atoms with Crippen LogP contribution >= 0.6 is 11.6 Å². The van der Waals surface area contributed by atoms with E-state index in [-0.39, 0.29) is 27.8 Å². The Kier molecular flexibility index (Phi) is 5.15. The van der Waals surface area contributed by atoms with Gasteiger partial charge in [0.15, 0.2) is 0 Å². The number of rotatable bonds is 5. The van der Waals surface area contributed by atoms with Crippen molar-refractivity contribution in [3.63, 3.8) is 0 Å². The van der Waals surface area contributed by atoms with E-state index >= 15 is 0 Å². The van der Waals surface area contributed by atoms with Crippen LogP contribution in [0, 0.1) is 13.8 Å². The minimum atomic E-state index is -2.78. The zero-order valence-electron chi connectivity index (χ0n) is 12.7. The van der Waals surface area contributed by atoms with Crippen LogP contribution in [0.2, 0.25) is 5.02 Å². The molecule has 0 aliphatic rings. The Labute approximate surface area is 136 Å². The molecule has 0 aromatic carbocycles. The van der Waals surface area contributed by atoms with Crippen LogP contribution in [0.15, 0.2) is 12.3 Å². The highest BCUT2D eigenvalue weighted by atomic mass is 35.5. The van der Waals surface area contributed by atoms with E-state index in [1.165, 1.54) is 26.1 Å². The number of alkyl halides is 2. The summed E-state index contributed by atoms with van der Waals surface area (Å²) in [5, 5.41) is 6.45. The van der Waals surface area contributed by atoms with E-state index in [2.05, 4.69) is 15.4 Å². The summed E-state index contributed by atoms with van der Waals surface area (Å²) in [5.74, 6) is -0.300. The number of hydrogen-bond acceptors (Lipinski definition) is 4. The predicted molar refractivity (Wildman–Crippen MR) is 81.3 cm³/mol. The first-order valence-electron chi connectivity index (χ1n) is 6.78. The lowest BCUT2D eigenvalue weighted by Crippen LogP contribution is -2.14. The Morgan fingerprint density at radius 3 is 2.70 bits per heavy atom. The van der Waals surface area contributed by atoms with Gasteiger partial charge in [0.2, 0.25) is 5.88 Å². The van der Waals surface area contributed by atoms with Crippen LogP contribution in [0.3, 0.4) is 0 Å². The maximum Gasteiger partial charge on any atom is 0.333 e. The van der Waals surface area contributed by atoms with Gasteiger partial charge in [0.25, 0.3) is 5.91 Å². The van der Waals surface area contributed by atoms with Gasteiger partial charge >= 0.3 is 6.55 Å². The highest BCUT2D eigenvalue weighted by Crippen LogP contribution is 2.26. The molecular weight excluding hydrogens is 330 g/mol. The molecule has 0 fully saturated rings. The van der Waals surface area contributed by atoms with E-state index in [4.69, 9.17) is 16.3 Å². The van der Waals surface area contributed by atoms with Gasteiger partial charge in [0.05, 0.1) is 29.2 Å².